The minimum Gasteiger partial charge on any atom is -0.0631 e. The van der Waals surface area contributed by atoms with E-state index in [1.165, 1.54) is 21.2 Å². The van der Waals surface area contributed by atoms with Crippen molar-refractivity contribution in [1.82, 2.24) is 0 Å². The molecule has 0 bridgehead atoms. The average Bonchev–Trinajstić information content (AvgIpc) is 2.87. The highest BCUT2D eigenvalue weighted by Gasteiger charge is 2.46. The van der Waals surface area contributed by atoms with E-state index in [9.17, 15) is 0 Å². The Hall–Kier alpha value is -2.52. The van der Waals surface area contributed by atoms with Gasteiger partial charge in [0.2, 0.25) is 0 Å². The fourth-order valence-corrected chi connectivity index (χ4v) is 12.5. The molecule has 0 aliphatic carbocycles. The highest BCUT2D eigenvalue weighted by atomic mass is 31.2. The summed E-state index contributed by atoms with van der Waals surface area (Å²) in [6.07, 6.45) is 2.28. The van der Waals surface area contributed by atoms with Gasteiger partial charge in [-0.05, 0) is 48.5 Å². The van der Waals surface area contributed by atoms with Crippen LogP contribution < -0.4 is 21.2 Å². The maximum absolute atomic E-state index is 4.39. The van der Waals surface area contributed by atoms with E-state index < -0.39 is 14.5 Å². The quantitative estimate of drug-likeness (QED) is 0.291. The summed E-state index contributed by atoms with van der Waals surface area (Å²) in [6.45, 7) is 6.90. The Morgan fingerprint density at radius 1 is 0.516 bits per heavy atom. The standard InChI is InChI=1S/C29H30P2/c1-3-31(28-20-12-6-13-21-28,29-22-14-7-15-23-29)25-24-30(2,26-16-8-4-9-17-26)27-18-10-5-11-19-27/h3-23H,1,24-25H2,2H3/q+2. The van der Waals surface area contributed by atoms with E-state index in [-0.39, 0.29) is 0 Å². The summed E-state index contributed by atoms with van der Waals surface area (Å²) in [4.78, 5) is 0. The molecule has 0 nitrogen and oxygen atoms in total. The van der Waals surface area contributed by atoms with Crippen LogP contribution in [-0.2, 0) is 0 Å². The molecule has 0 radical (unpaired) electrons. The molecule has 0 fully saturated rings. The van der Waals surface area contributed by atoms with Crippen molar-refractivity contribution in [2.75, 3.05) is 19.0 Å². The van der Waals surface area contributed by atoms with E-state index in [4.69, 9.17) is 0 Å². The molecule has 0 aromatic heterocycles. The van der Waals surface area contributed by atoms with Crippen LogP contribution in [0.15, 0.2) is 134 Å². The SMILES string of the molecule is C=C[P+](CC[P+](C)(c1ccccc1)c1ccccc1)(c1ccccc1)c1ccccc1. The summed E-state index contributed by atoms with van der Waals surface area (Å²) in [5, 5.41) is 5.79. The molecule has 4 aromatic rings. The van der Waals surface area contributed by atoms with Gasteiger partial charge in [0.1, 0.15) is 30.2 Å². The van der Waals surface area contributed by atoms with E-state index >= 15 is 0 Å². The summed E-state index contributed by atoms with van der Waals surface area (Å²) in [5.41, 5.74) is 0. The topological polar surface area (TPSA) is 0 Å². The van der Waals surface area contributed by atoms with Crippen LogP contribution >= 0.6 is 14.5 Å². The first kappa shape index (κ1) is 21.7. The van der Waals surface area contributed by atoms with Crippen LogP contribution in [0.2, 0.25) is 0 Å². The molecule has 0 unspecified atom stereocenters. The van der Waals surface area contributed by atoms with Crippen LogP contribution in [0.5, 0.6) is 0 Å². The lowest BCUT2D eigenvalue weighted by molar-refractivity contribution is 1.47. The van der Waals surface area contributed by atoms with Crippen molar-refractivity contribution in [1.29, 1.82) is 0 Å². The molecule has 0 saturated heterocycles. The molecule has 2 heteroatoms. The Labute approximate surface area is 188 Å². The van der Waals surface area contributed by atoms with Gasteiger partial charge in [0.05, 0.1) is 30.4 Å². The van der Waals surface area contributed by atoms with Gasteiger partial charge in [-0.25, -0.2) is 0 Å². The van der Waals surface area contributed by atoms with E-state index in [0.717, 1.165) is 12.3 Å². The maximum atomic E-state index is 4.39. The minimum absolute atomic E-state index is 1.12. The maximum Gasteiger partial charge on any atom is 0.107 e. The van der Waals surface area contributed by atoms with E-state index in [1.54, 1.807) is 0 Å². The van der Waals surface area contributed by atoms with Crippen molar-refractivity contribution in [3.8, 4) is 0 Å². The third-order valence-corrected chi connectivity index (χ3v) is 14.6. The summed E-state index contributed by atoms with van der Waals surface area (Å²) < 4.78 is 0. The molecule has 31 heavy (non-hydrogen) atoms. The second-order valence-electron chi connectivity index (χ2n) is 8.03. The monoisotopic (exact) mass is 440 g/mol. The first-order chi connectivity index (χ1) is 15.2. The number of hydrogen-bond acceptors (Lipinski definition) is 0. The first-order valence-electron chi connectivity index (χ1n) is 10.8. The van der Waals surface area contributed by atoms with Crippen LogP contribution in [0.1, 0.15) is 0 Å². The fraction of sp³-hybridized carbons (Fsp3) is 0.103. The molecule has 0 atom stereocenters. The molecular formula is C29H30P2+2. The average molecular weight is 441 g/mol. The lowest BCUT2D eigenvalue weighted by Crippen LogP contribution is -2.30. The lowest BCUT2D eigenvalue weighted by atomic mass is 10.4. The molecule has 4 aromatic carbocycles. The Kier molecular flexibility index (Phi) is 6.82. The Morgan fingerprint density at radius 3 is 1.16 bits per heavy atom. The van der Waals surface area contributed by atoms with Gasteiger partial charge in [0.25, 0.3) is 0 Å². The van der Waals surface area contributed by atoms with E-state index in [0.29, 0.717) is 0 Å². The largest absolute Gasteiger partial charge is 0.107 e. The van der Waals surface area contributed by atoms with Crippen LogP contribution in [0, 0.1) is 0 Å². The van der Waals surface area contributed by atoms with Gasteiger partial charge in [-0.15, -0.1) is 0 Å². The van der Waals surface area contributed by atoms with Crippen molar-refractivity contribution in [2.24, 2.45) is 0 Å². The fourth-order valence-electron chi connectivity index (χ4n) is 4.38. The van der Waals surface area contributed by atoms with Crippen molar-refractivity contribution < 1.29 is 0 Å². The third-order valence-electron chi connectivity index (χ3n) is 6.30. The summed E-state index contributed by atoms with van der Waals surface area (Å²) in [6, 6.07) is 44.3. The van der Waals surface area contributed by atoms with Crippen molar-refractivity contribution in [2.45, 2.75) is 0 Å². The van der Waals surface area contributed by atoms with Crippen molar-refractivity contribution >= 4 is 35.7 Å². The van der Waals surface area contributed by atoms with Gasteiger partial charge in [-0.2, -0.15) is 0 Å². The Morgan fingerprint density at radius 2 is 0.839 bits per heavy atom. The molecule has 0 aliphatic heterocycles. The van der Waals surface area contributed by atoms with Gasteiger partial charge >= 0.3 is 0 Å². The van der Waals surface area contributed by atoms with Crippen LogP contribution in [0.4, 0.5) is 0 Å². The molecular weight excluding hydrogens is 410 g/mol. The summed E-state index contributed by atoms with van der Waals surface area (Å²) in [5.74, 6) is 2.28. The highest BCUT2D eigenvalue weighted by molar-refractivity contribution is 7.94. The minimum atomic E-state index is -1.73. The highest BCUT2D eigenvalue weighted by Crippen LogP contribution is 2.62. The number of benzene rings is 4. The molecule has 0 heterocycles. The predicted molar refractivity (Wildman–Crippen MR) is 144 cm³/mol. The van der Waals surface area contributed by atoms with Crippen molar-refractivity contribution in [3.63, 3.8) is 0 Å². The molecule has 0 spiro atoms. The summed E-state index contributed by atoms with van der Waals surface area (Å²) >= 11 is 0. The van der Waals surface area contributed by atoms with Gasteiger partial charge in [0.15, 0.2) is 0 Å². The number of rotatable bonds is 8. The second-order valence-corrected chi connectivity index (χ2v) is 15.5. The van der Waals surface area contributed by atoms with Gasteiger partial charge in [-0.1, -0.05) is 79.4 Å². The zero-order valence-corrected chi connectivity index (χ0v) is 19.9. The lowest BCUT2D eigenvalue weighted by Gasteiger charge is -2.28. The Balaban J connectivity index is 1.80. The second kappa shape index (κ2) is 9.74. The van der Waals surface area contributed by atoms with Gasteiger partial charge < -0.3 is 0 Å². The Bertz CT molecular complexity index is 1010. The molecule has 0 N–H and O–H groups in total. The van der Waals surface area contributed by atoms with Crippen LogP contribution in [-0.4, -0.2) is 19.0 Å². The van der Waals surface area contributed by atoms with Gasteiger partial charge in [0, 0.05) is 0 Å². The van der Waals surface area contributed by atoms with Crippen LogP contribution in [0.25, 0.3) is 0 Å². The van der Waals surface area contributed by atoms with Crippen molar-refractivity contribution in [3.05, 3.63) is 134 Å². The molecule has 4 rings (SSSR count). The molecule has 0 amide bonds. The first-order valence-corrected chi connectivity index (χ1v) is 15.2. The molecule has 154 valence electrons. The molecule has 0 saturated carbocycles. The van der Waals surface area contributed by atoms with E-state index in [1.807, 2.05) is 0 Å². The normalized spacial score (nSPS) is 11.8. The number of hydrogen-bond donors (Lipinski definition) is 0. The zero-order chi connectivity index (χ0) is 21.6. The van der Waals surface area contributed by atoms with E-state index in [2.05, 4.69) is 140 Å². The smallest absolute Gasteiger partial charge is 0.0631 e. The van der Waals surface area contributed by atoms with Gasteiger partial charge in [-0.3, -0.25) is 0 Å². The predicted octanol–water partition coefficient (Wildman–Crippen LogP) is 6.10. The third kappa shape index (κ3) is 4.43. The van der Waals surface area contributed by atoms with Crippen LogP contribution in [0.3, 0.4) is 0 Å². The molecule has 0 aliphatic rings. The summed E-state index contributed by atoms with van der Waals surface area (Å²) in [7, 11) is -3.27. The zero-order valence-electron chi connectivity index (χ0n) is 18.1.